The molecule has 0 aliphatic carbocycles. The molecule has 1 amide bonds. The van der Waals surface area contributed by atoms with E-state index >= 15 is 0 Å². The fraction of sp³-hybridized carbons (Fsp3) is 0.143. The molecule has 1 rings (SSSR count). The number of pyridine rings is 1. The predicted molar refractivity (Wildman–Crippen MR) is 37.7 cm³/mol. The van der Waals surface area contributed by atoms with Gasteiger partial charge in [-0.3, -0.25) is 9.63 Å². The van der Waals surface area contributed by atoms with Gasteiger partial charge in [0.1, 0.15) is 7.11 Å². The Balaban J connectivity index is 2.91. The number of amides is 1. The Morgan fingerprint density at radius 1 is 1.55 bits per heavy atom. The molecule has 0 fully saturated rings. The fourth-order valence-corrected chi connectivity index (χ4v) is 0.699. The lowest BCUT2D eigenvalue weighted by Crippen LogP contribution is -2.39. The summed E-state index contributed by atoms with van der Waals surface area (Å²) in [4.78, 5) is 15.4. The molecule has 2 N–H and O–H groups in total. The van der Waals surface area contributed by atoms with Gasteiger partial charge in [-0.25, -0.2) is 0 Å². The molecule has 0 saturated heterocycles. The van der Waals surface area contributed by atoms with Crippen molar-refractivity contribution in [3.8, 4) is 0 Å². The van der Waals surface area contributed by atoms with Crippen LogP contribution in [-0.2, 0) is 0 Å². The quantitative estimate of drug-likeness (QED) is 0.561. The van der Waals surface area contributed by atoms with E-state index in [2.05, 4.69) is 0 Å². The van der Waals surface area contributed by atoms with Crippen molar-refractivity contribution in [1.82, 2.24) is 0 Å². The van der Waals surface area contributed by atoms with Crippen LogP contribution in [0.3, 0.4) is 0 Å². The van der Waals surface area contributed by atoms with Crippen molar-refractivity contribution >= 4 is 5.91 Å². The van der Waals surface area contributed by atoms with Crippen molar-refractivity contribution in [1.29, 1.82) is 0 Å². The Morgan fingerprint density at radius 3 is 2.45 bits per heavy atom. The fourth-order valence-electron chi connectivity index (χ4n) is 0.699. The highest BCUT2D eigenvalue weighted by atomic mass is 16.6. The van der Waals surface area contributed by atoms with Gasteiger partial charge in [-0.1, -0.05) is 0 Å². The number of nitrogens with zero attached hydrogens (tertiary/aromatic N) is 1. The first-order valence-corrected chi connectivity index (χ1v) is 3.09. The predicted octanol–water partition coefficient (Wildman–Crippen LogP) is -0.869. The van der Waals surface area contributed by atoms with E-state index in [1.807, 2.05) is 0 Å². The van der Waals surface area contributed by atoms with Crippen LogP contribution in [0.1, 0.15) is 10.4 Å². The average Bonchev–Trinajstić information content (AvgIpc) is 2.05. The van der Waals surface area contributed by atoms with Gasteiger partial charge in [0.05, 0.1) is 5.56 Å². The summed E-state index contributed by atoms with van der Waals surface area (Å²) >= 11 is 0. The lowest BCUT2D eigenvalue weighted by Gasteiger charge is -1.91. The molecule has 11 heavy (non-hydrogen) atoms. The summed E-state index contributed by atoms with van der Waals surface area (Å²) in [6.45, 7) is 0. The van der Waals surface area contributed by atoms with Gasteiger partial charge < -0.3 is 5.73 Å². The normalized spacial score (nSPS) is 9.18. The van der Waals surface area contributed by atoms with Crippen molar-refractivity contribution < 1.29 is 14.4 Å². The number of rotatable bonds is 2. The van der Waals surface area contributed by atoms with E-state index in [9.17, 15) is 4.79 Å². The van der Waals surface area contributed by atoms with Gasteiger partial charge in [0.25, 0.3) is 0 Å². The number of carbonyl (C=O) groups excluding carboxylic acids is 1. The van der Waals surface area contributed by atoms with Crippen LogP contribution in [0.2, 0.25) is 0 Å². The molecule has 0 aliphatic rings. The first-order valence-electron chi connectivity index (χ1n) is 3.09. The number of primary amides is 1. The van der Waals surface area contributed by atoms with E-state index in [1.165, 1.54) is 11.8 Å². The van der Waals surface area contributed by atoms with E-state index in [-0.39, 0.29) is 0 Å². The Hall–Kier alpha value is -1.58. The molecule has 4 nitrogen and oxygen atoms in total. The summed E-state index contributed by atoms with van der Waals surface area (Å²) in [5, 5.41) is 0. The van der Waals surface area contributed by atoms with Gasteiger partial charge in [-0.2, -0.15) is 0 Å². The molecule has 1 aromatic rings. The average molecular weight is 153 g/mol. The molecule has 1 heterocycles. The van der Waals surface area contributed by atoms with E-state index in [1.54, 1.807) is 24.5 Å². The Kier molecular flexibility index (Phi) is 2.06. The lowest BCUT2D eigenvalue weighted by molar-refractivity contribution is -0.885. The monoisotopic (exact) mass is 153 g/mol. The first kappa shape index (κ1) is 7.53. The minimum atomic E-state index is -0.437. The van der Waals surface area contributed by atoms with Crippen LogP contribution in [0.4, 0.5) is 0 Å². The van der Waals surface area contributed by atoms with Crippen molar-refractivity contribution in [3.05, 3.63) is 30.1 Å². The van der Waals surface area contributed by atoms with E-state index < -0.39 is 5.91 Å². The number of aromatic nitrogens is 1. The largest absolute Gasteiger partial charge is 0.366 e. The number of hydrogen-bond donors (Lipinski definition) is 1. The van der Waals surface area contributed by atoms with E-state index in [4.69, 9.17) is 10.6 Å². The summed E-state index contributed by atoms with van der Waals surface area (Å²) in [7, 11) is 1.53. The van der Waals surface area contributed by atoms with Crippen molar-refractivity contribution in [2.45, 2.75) is 0 Å². The maximum atomic E-state index is 10.6. The molecule has 58 valence electrons. The second-order valence-electron chi connectivity index (χ2n) is 1.99. The topological polar surface area (TPSA) is 56.2 Å². The zero-order valence-electron chi connectivity index (χ0n) is 6.15. The molecule has 0 aromatic carbocycles. The highest BCUT2D eigenvalue weighted by Crippen LogP contribution is 1.91. The smallest absolute Gasteiger partial charge is 0.249 e. The Morgan fingerprint density at radius 2 is 2.09 bits per heavy atom. The summed E-state index contributed by atoms with van der Waals surface area (Å²) in [6, 6.07) is 3.18. The van der Waals surface area contributed by atoms with Gasteiger partial charge in [0, 0.05) is 16.9 Å². The van der Waals surface area contributed by atoms with Gasteiger partial charge in [-0.05, 0) is 0 Å². The summed E-state index contributed by atoms with van der Waals surface area (Å²) in [6.07, 6.45) is 3.22. The third-order valence-electron chi connectivity index (χ3n) is 1.30. The van der Waals surface area contributed by atoms with Crippen LogP contribution in [0.25, 0.3) is 0 Å². The van der Waals surface area contributed by atoms with Crippen molar-refractivity contribution in [2.75, 3.05) is 7.11 Å². The van der Waals surface area contributed by atoms with Crippen molar-refractivity contribution in [2.24, 2.45) is 5.73 Å². The maximum absolute atomic E-state index is 10.6. The summed E-state index contributed by atoms with van der Waals surface area (Å²) in [5.41, 5.74) is 5.49. The molecule has 0 atom stereocenters. The van der Waals surface area contributed by atoms with Crippen LogP contribution >= 0.6 is 0 Å². The maximum Gasteiger partial charge on any atom is 0.249 e. The zero-order valence-corrected chi connectivity index (χ0v) is 6.15. The highest BCUT2D eigenvalue weighted by Gasteiger charge is 2.02. The molecule has 0 bridgehead atoms. The molecule has 0 radical (unpaired) electrons. The summed E-state index contributed by atoms with van der Waals surface area (Å²) < 4.78 is 1.46. The second-order valence-corrected chi connectivity index (χ2v) is 1.99. The standard InChI is InChI=1S/C7H8N2O2/c1-11-9-4-2-6(3-5-9)7(8)10/h2-5H,1H3,(H-,8,10)/p+1. The van der Waals surface area contributed by atoms with Crippen LogP contribution in [0.5, 0.6) is 0 Å². The molecule has 4 heteroatoms. The van der Waals surface area contributed by atoms with Gasteiger partial charge in [0.2, 0.25) is 18.3 Å². The first-order chi connectivity index (χ1) is 5.24. The van der Waals surface area contributed by atoms with Crippen molar-refractivity contribution in [3.63, 3.8) is 0 Å². The highest BCUT2D eigenvalue weighted by molar-refractivity contribution is 5.92. The number of hydrogen-bond acceptors (Lipinski definition) is 2. The summed E-state index contributed by atoms with van der Waals surface area (Å²) in [5.74, 6) is -0.437. The van der Waals surface area contributed by atoms with Crippen LogP contribution < -0.4 is 15.3 Å². The third kappa shape index (κ3) is 1.67. The third-order valence-corrected chi connectivity index (χ3v) is 1.30. The number of nitrogens with two attached hydrogens (primary N) is 1. The zero-order chi connectivity index (χ0) is 8.27. The SMILES string of the molecule is CO[n+]1ccc(C(N)=O)cc1. The van der Waals surface area contributed by atoms with Gasteiger partial charge >= 0.3 is 0 Å². The molecular weight excluding hydrogens is 144 g/mol. The molecule has 1 aromatic heterocycles. The molecule has 0 spiro atoms. The second kappa shape index (κ2) is 3.01. The van der Waals surface area contributed by atoms with Crippen LogP contribution in [0, 0.1) is 0 Å². The molecule has 0 aliphatic heterocycles. The van der Waals surface area contributed by atoms with Crippen LogP contribution in [0.15, 0.2) is 24.5 Å². The Labute approximate surface area is 64.2 Å². The van der Waals surface area contributed by atoms with E-state index in [0.29, 0.717) is 5.56 Å². The lowest BCUT2D eigenvalue weighted by atomic mass is 10.3. The van der Waals surface area contributed by atoms with E-state index in [0.717, 1.165) is 0 Å². The molecule has 0 unspecified atom stereocenters. The van der Waals surface area contributed by atoms with Crippen LogP contribution in [-0.4, -0.2) is 13.0 Å². The molecule has 0 saturated carbocycles. The minimum Gasteiger partial charge on any atom is -0.366 e. The van der Waals surface area contributed by atoms with Gasteiger partial charge in [-0.15, -0.1) is 0 Å². The minimum absolute atomic E-state index is 0.437. The number of carbonyl (C=O) groups is 1. The molecular formula is C7H9N2O2+. The van der Waals surface area contributed by atoms with Gasteiger partial charge in [0.15, 0.2) is 0 Å². The Bertz CT molecular complexity index is 256.